The van der Waals surface area contributed by atoms with Crippen molar-refractivity contribution < 1.29 is 33.3 Å². The zero-order chi connectivity index (χ0) is 28.1. The average Bonchev–Trinajstić information content (AvgIpc) is 2.96. The predicted molar refractivity (Wildman–Crippen MR) is 149 cm³/mol. The summed E-state index contributed by atoms with van der Waals surface area (Å²) in [5.74, 6) is 1.39. The lowest BCUT2D eigenvalue weighted by atomic mass is 9.83. The molecule has 0 unspecified atom stereocenters. The van der Waals surface area contributed by atoms with Crippen LogP contribution in [0.15, 0.2) is 54.6 Å². The van der Waals surface area contributed by atoms with Crippen LogP contribution in [0.4, 0.5) is 11.4 Å². The van der Waals surface area contributed by atoms with Crippen molar-refractivity contribution in [1.82, 2.24) is 0 Å². The first kappa shape index (κ1) is 27.9. The number of halogens is 1. The minimum Gasteiger partial charge on any atom is -0.497 e. The third-order valence-electron chi connectivity index (χ3n) is 6.74. The maximum atomic E-state index is 13.8. The maximum Gasteiger partial charge on any atom is 0.229 e. The smallest absolute Gasteiger partial charge is 0.229 e. The zero-order valence-electron chi connectivity index (χ0n) is 22.4. The van der Waals surface area contributed by atoms with Gasteiger partial charge in [0, 0.05) is 24.2 Å². The Morgan fingerprint density at radius 1 is 0.846 bits per heavy atom. The monoisotopic (exact) mass is 554 g/mol. The molecule has 1 heterocycles. The first-order chi connectivity index (χ1) is 18.8. The Balaban J connectivity index is 1.79. The molecule has 1 saturated heterocycles. The summed E-state index contributed by atoms with van der Waals surface area (Å²) in [4.78, 5) is 28.9. The Hall–Kier alpha value is -4.11. The van der Waals surface area contributed by atoms with Crippen LogP contribution < -0.4 is 33.9 Å². The van der Waals surface area contributed by atoms with Gasteiger partial charge in [-0.1, -0.05) is 23.7 Å². The Bertz CT molecular complexity index is 1320. The molecule has 0 aromatic heterocycles. The summed E-state index contributed by atoms with van der Waals surface area (Å²) in [6, 6.07) is 15.1. The van der Waals surface area contributed by atoms with Gasteiger partial charge in [0.1, 0.15) is 11.5 Å². The second-order valence-corrected chi connectivity index (χ2v) is 9.26. The minimum absolute atomic E-state index is 0.137. The van der Waals surface area contributed by atoms with E-state index in [-0.39, 0.29) is 18.2 Å². The quantitative estimate of drug-likeness (QED) is 0.373. The summed E-state index contributed by atoms with van der Waals surface area (Å²) >= 11 is 6.28. The SMILES string of the molecule is COc1ccc([C@@H]2[C@H](C(=O)Nc3ccc(OC)c(Cl)c3)CCC(=O)N2c2cc(OC)c(OC)c(OC)c2)cc1. The highest BCUT2D eigenvalue weighted by molar-refractivity contribution is 6.32. The van der Waals surface area contributed by atoms with Gasteiger partial charge in [-0.2, -0.15) is 0 Å². The lowest BCUT2D eigenvalue weighted by Crippen LogP contribution is -2.47. The van der Waals surface area contributed by atoms with Crippen molar-refractivity contribution >= 4 is 34.8 Å². The van der Waals surface area contributed by atoms with Gasteiger partial charge in [0.2, 0.25) is 17.6 Å². The van der Waals surface area contributed by atoms with Crippen LogP contribution in [-0.2, 0) is 9.59 Å². The van der Waals surface area contributed by atoms with E-state index in [2.05, 4.69) is 5.32 Å². The van der Waals surface area contributed by atoms with Crippen LogP contribution >= 0.6 is 11.6 Å². The normalized spacial score (nSPS) is 16.9. The lowest BCUT2D eigenvalue weighted by molar-refractivity contribution is -0.125. The molecule has 1 fully saturated rings. The van der Waals surface area contributed by atoms with Gasteiger partial charge in [-0.3, -0.25) is 9.59 Å². The van der Waals surface area contributed by atoms with Crippen LogP contribution in [0, 0.1) is 5.92 Å². The number of piperidine rings is 1. The molecule has 0 spiro atoms. The number of ether oxygens (including phenoxy) is 5. The molecule has 1 N–H and O–H groups in total. The van der Waals surface area contributed by atoms with Crippen molar-refractivity contribution in [3.05, 3.63) is 65.2 Å². The van der Waals surface area contributed by atoms with E-state index in [0.717, 1.165) is 5.56 Å². The van der Waals surface area contributed by atoms with Crippen LogP contribution in [-0.4, -0.2) is 47.4 Å². The van der Waals surface area contributed by atoms with Gasteiger partial charge in [-0.15, -0.1) is 0 Å². The number of methoxy groups -OCH3 is 5. The number of anilines is 2. The van der Waals surface area contributed by atoms with Crippen molar-refractivity contribution in [2.75, 3.05) is 45.8 Å². The Kier molecular flexibility index (Phi) is 8.71. The minimum atomic E-state index is -0.631. The van der Waals surface area contributed by atoms with Gasteiger partial charge in [0.15, 0.2) is 11.5 Å². The molecule has 9 nitrogen and oxygen atoms in total. The molecule has 3 aromatic carbocycles. The molecular weight excluding hydrogens is 524 g/mol. The molecule has 1 aliphatic heterocycles. The van der Waals surface area contributed by atoms with Crippen LogP contribution in [0.1, 0.15) is 24.4 Å². The van der Waals surface area contributed by atoms with Crippen LogP contribution in [0.2, 0.25) is 5.02 Å². The molecule has 39 heavy (non-hydrogen) atoms. The first-order valence-electron chi connectivity index (χ1n) is 12.3. The van der Waals surface area contributed by atoms with Gasteiger partial charge in [-0.05, 0) is 42.3 Å². The number of nitrogens with zero attached hydrogens (tertiary/aromatic N) is 1. The van der Waals surface area contributed by atoms with E-state index < -0.39 is 12.0 Å². The highest BCUT2D eigenvalue weighted by Crippen LogP contribution is 2.46. The second kappa shape index (κ2) is 12.2. The molecule has 1 aliphatic rings. The number of nitrogens with one attached hydrogen (secondary N) is 1. The molecule has 206 valence electrons. The van der Waals surface area contributed by atoms with Crippen molar-refractivity contribution in [3.8, 4) is 28.7 Å². The third-order valence-corrected chi connectivity index (χ3v) is 7.03. The van der Waals surface area contributed by atoms with Gasteiger partial charge in [-0.25, -0.2) is 0 Å². The fourth-order valence-electron chi connectivity index (χ4n) is 4.84. The molecule has 0 aliphatic carbocycles. The summed E-state index contributed by atoms with van der Waals surface area (Å²) in [5.41, 5.74) is 1.81. The standard InChI is InChI=1S/C29H31ClN2O7/c1-35-20-9-6-17(7-10-20)27-21(29(34)31-18-8-12-23(36-2)22(30)14-18)11-13-26(33)32(27)19-15-24(37-3)28(39-5)25(16-19)38-4/h6-10,12,14-16,21,27H,11,13H2,1-5H3,(H,31,34)/t21-,27-/m1/s1. The molecule has 0 bridgehead atoms. The lowest BCUT2D eigenvalue weighted by Gasteiger charge is -2.41. The summed E-state index contributed by atoms with van der Waals surface area (Å²) in [7, 11) is 7.64. The topological polar surface area (TPSA) is 95.6 Å². The molecular formula is C29H31ClN2O7. The number of hydrogen-bond donors (Lipinski definition) is 1. The highest BCUT2D eigenvalue weighted by Gasteiger charge is 2.42. The summed E-state index contributed by atoms with van der Waals surface area (Å²) < 4.78 is 27.1. The Labute approximate surface area is 232 Å². The number of rotatable bonds is 9. The number of benzene rings is 3. The predicted octanol–water partition coefficient (Wildman–Crippen LogP) is 5.51. The average molecular weight is 555 g/mol. The van der Waals surface area contributed by atoms with Crippen molar-refractivity contribution in [1.29, 1.82) is 0 Å². The van der Waals surface area contributed by atoms with Gasteiger partial charge < -0.3 is 33.9 Å². The van der Waals surface area contributed by atoms with E-state index in [1.54, 1.807) is 54.5 Å². The van der Waals surface area contributed by atoms with E-state index in [4.69, 9.17) is 35.3 Å². The van der Waals surface area contributed by atoms with Gasteiger partial charge in [0.05, 0.1) is 58.2 Å². The fourth-order valence-corrected chi connectivity index (χ4v) is 5.10. The maximum absolute atomic E-state index is 13.8. The zero-order valence-corrected chi connectivity index (χ0v) is 23.2. The van der Waals surface area contributed by atoms with Gasteiger partial charge >= 0.3 is 0 Å². The summed E-state index contributed by atoms with van der Waals surface area (Å²) in [5, 5.41) is 3.34. The fraction of sp³-hybridized carbons (Fsp3) is 0.310. The van der Waals surface area contributed by atoms with E-state index in [1.165, 1.54) is 28.4 Å². The number of carbonyl (C=O) groups excluding carboxylic acids is 2. The molecule has 2 atom stereocenters. The van der Waals surface area contributed by atoms with Crippen LogP contribution in [0.25, 0.3) is 0 Å². The van der Waals surface area contributed by atoms with Crippen molar-refractivity contribution in [2.24, 2.45) is 5.92 Å². The molecule has 3 aromatic rings. The molecule has 2 amide bonds. The summed E-state index contributed by atoms with van der Waals surface area (Å²) in [6.45, 7) is 0. The number of amides is 2. The van der Waals surface area contributed by atoms with Crippen molar-refractivity contribution in [2.45, 2.75) is 18.9 Å². The molecule has 0 saturated carbocycles. The van der Waals surface area contributed by atoms with Crippen LogP contribution in [0.3, 0.4) is 0 Å². The number of carbonyl (C=O) groups is 2. The van der Waals surface area contributed by atoms with Gasteiger partial charge in [0.25, 0.3) is 0 Å². The van der Waals surface area contributed by atoms with Crippen molar-refractivity contribution in [3.63, 3.8) is 0 Å². The Morgan fingerprint density at radius 2 is 1.49 bits per heavy atom. The Morgan fingerprint density at radius 3 is 2.03 bits per heavy atom. The van der Waals surface area contributed by atoms with E-state index >= 15 is 0 Å². The third kappa shape index (κ3) is 5.68. The molecule has 4 rings (SSSR count). The van der Waals surface area contributed by atoms with E-state index in [0.29, 0.717) is 51.6 Å². The highest BCUT2D eigenvalue weighted by atomic mass is 35.5. The van der Waals surface area contributed by atoms with Crippen LogP contribution in [0.5, 0.6) is 28.7 Å². The van der Waals surface area contributed by atoms with E-state index in [1.807, 2.05) is 12.1 Å². The second-order valence-electron chi connectivity index (χ2n) is 8.85. The first-order valence-corrected chi connectivity index (χ1v) is 12.6. The summed E-state index contributed by atoms with van der Waals surface area (Å²) in [6.07, 6.45) is 0.525. The molecule has 10 heteroatoms. The number of hydrogen-bond acceptors (Lipinski definition) is 7. The van der Waals surface area contributed by atoms with E-state index in [9.17, 15) is 9.59 Å². The largest absolute Gasteiger partial charge is 0.497 e. The molecule has 0 radical (unpaired) electrons.